The van der Waals surface area contributed by atoms with Crippen LogP contribution < -0.4 is 26.5 Å². The van der Waals surface area contributed by atoms with Crippen molar-refractivity contribution in [1.82, 2.24) is 0 Å². The third-order valence-electron chi connectivity index (χ3n) is 5.06. The monoisotopic (exact) mass is 443 g/mol. The van der Waals surface area contributed by atoms with Crippen molar-refractivity contribution in [1.29, 1.82) is 0 Å². The van der Waals surface area contributed by atoms with Gasteiger partial charge in [0.05, 0.1) is 0 Å². The van der Waals surface area contributed by atoms with Crippen molar-refractivity contribution in [3.8, 4) is 0 Å². The van der Waals surface area contributed by atoms with Crippen LogP contribution in [0.5, 0.6) is 0 Å². The summed E-state index contributed by atoms with van der Waals surface area (Å²) < 4.78 is 29.1. The topological polar surface area (TPSA) is 82.9 Å². The Morgan fingerprint density at radius 1 is 0.548 bits per heavy atom. The molecule has 152 valence electrons. The molecule has 0 aliphatic heterocycles. The molecule has 0 fully saturated rings. The Morgan fingerprint density at radius 3 is 1.39 bits per heavy atom. The lowest BCUT2D eigenvalue weighted by molar-refractivity contribution is 0.587. The van der Waals surface area contributed by atoms with Gasteiger partial charge < -0.3 is 9.13 Å². The number of benzene rings is 4. The number of rotatable bonds is 6. The largest absolute Gasteiger partial charge is 0.309 e. The van der Waals surface area contributed by atoms with Crippen LogP contribution in [0.15, 0.2) is 120 Å². The summed E-state index contributed by atoms with van der Waals surface area (Å²) in [6.07, 6.45) is 0. The van der Waals surface area contributed by atoms with Gasteiger partial charge in [-0.3, -0.25) is 0 Å². The van der Waals surface area contributed by atoms with Crippen LogP contribution in [-0.4, -0.2) is 0 Å². The zero-order valence-corrected chi connectivity index (χ0v) is 18.3. The third-order valence-corrected chi connectivity index (χ3v) is 10.7. The first-order chi connectivity index (χ1) is 15.1. The molecule has 1 unspecified atom stereocenters. The summed E-state index contributed by atoms with van der Waals surface area (Å²) in [6.45, 7) is 0. The predicted octanol–water partition coefficient (Wildman–Crippen LogP) is 4.87. The summed E-state index contributed by atoms with van der Waals surface area (Å²) in [7, 11) is -7.17. The highest BCUT2D eigenvalue weighted by Crippen LogP contribution is 2.50. The van der Waals surface area contributed by atoms with E-state index in [1.54, 1.807) is 54.6 Å². The maximum Gasteiger partial charge on any atom is 0.229 e. The molecule has 0 radical (unpaired) electrons. The molecule has 0 aliphatic rings. The molecule has 4 aromatic rings. The highest BCUT2D eigenvalue weighted by atomic mass is 31.2. The average Bonchev–Trinajstić information content (AvgIpc) is 2.85. The van der Waals surface area contributed by atoms with Crippen molar-refractivity contribution in [3.63, 3.8) is 0 Å². The van der Waals surface area contributed by atoms with Crippen LogP contribution in [0.25, 0.3) is 10.4 Å². The van der Waals surface area contributed by atoms with E-state index in [1.807, 2.05) is 60.7 Å². The zero-order valence-electron chi connectivity index (χ0n) is 16.5. The molecule has 0 aliphatic carbocycles. The smallest absolute Gasteiger partial charge is 0.229 e. The fourth-order valence-corrected chi connectivity index (χ4v) is 9.02. The first-order valence-corrected chi connectivity index (χ1v) is 13.0. The van der Waals surface area contributed by atoms with Gasteiger partial charge in [0.1, 0.15) is 0 Å². The minimum atomic E-state index is -3.76. The summed E-state index contributed by atoms with van der Waals surface area (Å²) in [5.41, 5.74) is 9.27. The lowest BCUT2D eigenvalue weighted by Crippen LogP contribution is -2.35. The molecule has 0 amide bonds. The Morgan fingerprint density at radius 2 is 0.935 bits per heavy atom. The lowest BCUT2D eigenvalue weighted by Gasteiger charge is -2.25. The van der Waals surface area contributed by atoms with Crippen molar-refractivity contribution in [2.24, 2.45) is 4.88 Å². The van der Waals surface area contributed by atoms with Gasteiger partial charge in [-0.1, -0.05) is 115 Å². The number of hydrogen-bond acceptors (Lipinski definition) is 2. The SMILES string of the molecule is [N-]=[N+]=NP(=O)(c1ccccc1)c1ccccc1P(=O)(c1ccccc1)c1ccccc1. The van der Waals surface area contributed by atoms with Crippen molar-refractivity contribution in [3.05, 3.63) is 126 Å². The van der Waals surface area contributed by atoms with Crippen molar-refractivity contribution >= 4 is 41.0 Å². The molecule has 0 spiro atoms. The van der Waals surface area contributed by atoms with Gasteiger partial charge in [0.2, 0.25) is 7.29 Å². The quantitative estimate of drug-likeness (QED) is 0.184. The molecule has 31 heavy (non-hydrogen) atoms. The Bertz CT molecular complexity index is 1290. The summed E-state index contributed by atoms with van der Waals surface area (Å²) in [4.78, 5) is 6.67. The van der Waals surface area contributed by atoms with Crippen LogP contribution in [0.3, 0.4) is 0 Å². The normalized spacial score (nSPS) is 13.0. The van der Waals surface area contributed by atoms with E-state index in [0.29, 0.717) is 21.2 Å². The molecule has 0 bridgehead atoms. The van der Waals surface area contributed by atoms with E-state index in [1.165, 1.54) is 0 Å². The molecule has 5 nitrogen and oxygen atoms in total. The van der Waals surface area contributed by atoms with Gasteiger partial charge in [-0.05, 0) is 10.4 Å². The molecule has 4 aromatic carbocycles. The first-order valence-electron chi connectivity index (χ1n) is 9.64. The lowest BCUT2D eigenvalue weighted by atomic mass is 10.3. The van der Waals surface area contributed by atoms with E-state index >= 15 is 0 Å². The molecule has 0 N–H and O–H groups in total. The zero-order chi connectivity index (χ0) is 21.7. The molecule has 1 atom stereocenters. The van der Waals surface area contributed by atoms with Gasteiger partial charge in [0.15, 0.2) is 7.14 Å². The maximum absolute atomic E-state index is 14.9. The molecular formula is C24H19N3O2P2. The van der Waals surface area contributed by atoms with Crippen LogP contribution in [0.1, 0.15) is 0 Å². The van der Waals surface area contributed by atoms with Crippen LogP contribution in [0.2, 0.25) is 0 Å². The van der Waals surface area contributed by atoms with Crippen LogP contribution in [-0.2, 0) is 9.13 Å². The summed E-state index contributed by atoms with van der Waals surface area (Å²) in [5.74, 6) is 0. The van der Waals surface area contributed by atoms with E-state index in [9.17, 15) is 14.7 Å². The Labute approximate surface area is 180 Å². The van der Waals surface area contributed by atoms with Gasteiger partial charge in [0, 0.05) is 31.4 Å². The van der Waals surface area contributed by atoms with Crippen LogP contribution in [0, 0.1) is 0 Å². The van der Waals surface area contributed by atoms with E-state index in [4.69, 9.17) is 0 Å². The van der Waals surface area contributed by atoms with E-state index in [2.05, 4.69) is 9.80 Å². The fourth-order valence-electron chi connectivity index (χ4n) is 3.62. The molecule has 0 heterocycles. The fraction of sp³-hybridized carbons (Fsp3) is 0. The summed E-state index contributed by atoms with van der Waals surface area (Å²) in [5, 5.41) is 2.33. The van der Waals surface area contributed by atoms with E-state index in [-0.39, 0.29) is 5.30 Å². The summed E-state index contributed by atoms with van der Waals surface area (Å²) in [6, 6.07) is 33.8. The second-order valence-corrected chi connectivity index (χ2v) is 11.9. The summed E-state index contributed by atoms with van der Waals surface area (Å²) >= 11 is 0. The molecule has 0 saturated carbocycles. The standard InChI is InChI=1S/C24H19N3O2P2/c25-26-27-31(29,22-16-8-3-9-17-22)24-19-11-10-18-23(24)30(28,20-12-4-1-5-13-20)21-14-6-2-7-15-21/h1-19H. The van der Waals surface area contributed by atoms with Gasteiger partial charge in [-0.2, -0.15) is 0 Å². The van der Waals surface area contributed by atoms with Crippen molar-refractivity contribution in [2.75, 3.05) is 0 Å². The highest BCUT2D eigenvalue weighted by Gasteiger charge is 2.37. The maximum atomic E-state index is 14.9. The molecule has 0 saturated heterocycles. The van der Waals surface area contributed by atoms with Gasteiger partial charge in [-0.15, -0.1) is 0 Å². The second kappa shape index (κ2) is 8.79. The van der Waals surface area contributed by atoms with E-state index in [0.717, 1.165) is 0 Å². The van der Waals surface area contributed by atoms with Crippen LogP contribution in [0.4, 0.5) is 0 Å². The molecule has 7 heteroatoms. The van der Waals surface area contributed by atoms with Crippen molar-refractivity contribution < 1.29 is 9.13 Å². The first kappa shape index (κ1) is 20.9. The minimum Gasteiger partial charge on any atom is -0.309 e. The molecule has 0 aromatic heterocycles. The molecular weight excluding hydrogens is 424 g/mol. The predicted molar refractivity (Wildman–Crippen MR) is 128 cm³/mol. The Hall–Kier alpha value is -3.35. The highest BCUT2D eigenvalue weighted by molar-refractivity contribution is 7.88. The number of azide groups is 1. The van der Waals surface area contributed by atoms with Gasteiger partial charge >= 0.3 is 0 Å². The third kappa shape index (κ3) is 3.76. The van der Waals surface area contributed by atoms with Crippen molar-refractivity contribution in [2.45, 2.75) is 0 Å². The number of hydrogen-bond donors (Lipinski definition) is 0. The molecule has 4 rings (SSSR count). The second-order valence-electron chi connectivity index (χ2n) is 6.86. The number of nitrogens with zero attached hydrogens (tertiary/aromatic N) is 3. The van der Waals surface area contributed by atoms with E-state index < -0.39 is 14.4 Å². The van der Waals surface area contributed by atoms with Gasteiger partial charge in [-0.25, -0.2) is 0 Å². The Kier molecular flexibility index (Phi) is 5.93. The van der Waals surface area contributed by atoms with Crippen LogP contribution >= 0.6 is 14.4 Å². The van der Waals surface area contributed by atoms with Gasteiger partial charge in [0.25, 0.3) is 0 Å². The average molecular weight is 443 g/mol. The minimum absolute atomic E-state index is 0.287. The Balaban J connectivity index is 2.08.